The molecule has 1 aromatic rings. The first kappa shape index (κ1) is 14.0. The lowest BCUT2D eigenvalue weighted by Gasteiger charge is -2.39. The topological polar surface area (TPSA) is 23.6 Å². The molecule has 104 valence electrons. The number of nitrogens with zero attached hydrogens (tertiary/aromatic N) is 2. The van der Waals surface area contributed by atoms with Crippen LogP contribution in [0.25, 0.3) is 0 Å². The Balaban J connectivity index is 2.13. The van der Waals surface area contributed by atoms with Crippen LogP contribution in [0.15, 0.2) is 18.2 Å². The number of hydrogen-bond donors (Lipinski definition) is 0. The summed E-state index contributed by atoms with van der Waals surface area (Å²) in [6, 6.07) is 5.00. The van der Waals surface area contributed by atoms with Gasteiger partial charge in [-0.2, -0.15) is 0 Å². The SMILES string of the molecule is CCC1CN(C(=O)c2ccc(F)c(C)c2)CCN1C. The van der Waals surface area contributed by atoms with E-state index < -0.39 is 0 Å². The third kappa shape index (κ3) is 2.95. The molecule has 0 aromatic heterocycles. The first-order valence-corrected chi connectivity index (χ1v) is 6.78. The molecule has 1 aliphatic heterocycles. The van der Waals surface area contributed by atoms with Gasteiger partial charge in [0.25, 0.3) is 5.91 Å². The maximum Gasteiger partial charge on any atom is 0.253 e. The quantitative estimate of drug-likeness (QED) is 0.818. The summed E-state index contributed by atoms with van der Waals surface area (Å²) in [5.74, 6) is -0.254. The number of aryl methyl sites for hydroxylation is 1. The summed E-state index contributed by atoms with van der Waals surface area (Å²) >= 11 is 0. The van der Waals surface area contributed by atoms with Crippen LogP contribution < -0.4 is 0 Å². The third-order valence-corrected chi connectivity index (χ3v) is 3.94. The van der Waals surface area contributed by atoms with E-state index in [9.17, 15) is 9.18 Å². The summed E-state index contributed by atoms with van der Waals surface area (Å²) in [5, 5.41) is 0. The van der Waals surface area contributed by atoms with E-state index in [2.05, 4.69) is 18.9 Å². The average Bonchev–Trinajstić information content (AvgIpc) is 2.41. The van der Waals surface area contributed by atoms with Crippen LogP contribution in [-0.2, 0) is 0 Å². The molecular weight excluding hydrogens is 243 g/mol. The zero-order valence-electron chi connectivity index (χ0n) is 11.8. The van der Waals surface area contributed by atoms with Crippen LogP contribution in [0.3, 0.4) is 0 Å². The van der Waals surface area contributed by atoms with E-state index in [1.165, 1.54) is 6.07 Å². The number of amides is 1. The number of piperazine rings is 1. The molecule has 1 fully saturated rings. The van der Waals surface area contributed by atoms with Gasteiger partial charge in [0.1, 0.15) is 5.82 Å². The average molecular weight is 264 g/mol. The van der Waals surface area contributed by atoms with Crippen LogP contribution in [0.4, 0.5) is 4.39 Å². The molecule has 1 unspecified atom stereocenters. The molecule has 0 spiro atoms. The van der Waals surface area contributed by atoms with Crippen LogP contribution in [0.2, 0.25) is 0 Å². The molecule has 4 heteroatoms. The first-order chi connectivity index (χ1) is 9.02. The van der Waals surface area contributed by atoms with Gasteiger partial charge in [0.05, 0.1) is 0 Å². The van der Waals surface area contributed by atoms with Gasteiger partial charge < -0.3 is 4.90 Å². The van der Waals surface area contributed by atoms with E-state index in [-0.39, 0.29) is 11.7 Å². The van der Waals surface area contributed by atoms with Gasteiger partial charge in [0, 0.05) is 31.2 Å². The normalized spacial score (nSPS) is 20.6. The van der Waals surface area contributed by atoms with E-state index in [0.717, 1.165) is 26.1 Å². The number of halogens is 1. The molecule has 3 nitrogen and oxygen atoms in total. The summed E-state index contributed by atoms with van der Waals surface area (Å²) in [6.07, 6.45) is 1.03. The molecule has 1 atom stereocenters. The predicted molar refractivity (Wildman–Crippen MR) is 73.7 cm³/mol. The number of benzene rings is 1. The summed E-state index contributed by atoms with van der Waals surface area (Å²) in [6.45, 7) is 6.21. The van der Waals surface area contributed by atoms with Gasteiger partial charge in [-0.05, 0) is 44.2 Å². The predicted octanol–water partition coefficient (Wildman–Crippen LogP) is 2.30. The number of carbonyl (C=O) groups excluding carboxylic acids is 1. The van der Waals surface area contributed by atoms with Gasteiger partial charge in [-0.3, -0.25) is 9.69 Å². The van der Waals surface area contributed by atoms with Gasteiger partial charge in [0.15, 0.2) is 0 Å². The summed E-state index contributed by atoms with van der Waals surface area (Å²) < 4.78 is 13.2. The molecule has 1 aliphatic rings. The van der Waals surface area contributed by atoms with Crippen molar-refractivity contribution in [2.45, 2.75) is 26.3 Å². The second-order valence-electron chi connectivity index (χ2n) is 5.26. The Morgan fingerprint density at radius 2 is 2.16 bits per heavy atom. The molecule has 2 rings (SSSR count). The van der Waals surface area contributed by atoms with Crippen LogP contribution in [0.5, 0.6) is 0 Å². The molecule has 0 bridgehead atoms. The lowest BCUT2D eigenvalue weighted by atomic mass is 10.1. The summed E-state index contributed by atoms with van der Waals surface area (Å²) in [7, 11) is 2.10. The summed E-state index contributed by atoms with van der Waals surface area (Å²) in [4.78, 5) is 16.6. The highest BCUT2D eigenvalue weighted by Gasteiger charge is 2.26. The zero-order valence-corrected chi connectivity index (χ0v) is 11.8. The molecule has 0 aliphatic carbocycles. The van der Waals surface area contributed by atoms with E-state index in [0.29, 0.717) is 17.2 Å². The molecule has 19 heavy (non-hydrogen) atoms. The molecule has 1 heterocycles. The van der Waals surface area contributed by atoms with E-state index in [1.54, 1.807) is 19.1 Å². The molecule has 1 saturated heterocycles. The third-order valence-electron chi connectivity index (χ3n) is 3.94. The first-order valence-electron chi connectivity index (χ1n) is 6.78. The van der Waals surface area contributed by atoms with Crippen LogP contribution in [0.1, 0.15) is 29.3 Å². The Hall–Kier alpha value is -1.42. The smallest absolute Gasteiger partial charge is 0.253 e. The lowest BCUT2D eigenvalue weighted by Crippen LogP contribution is -2.52. The highest BCUT2D eigenvalue weighted by molar-refractivity contribution is 5.94. The van der Waals surface area contributed by atoms with Gasteiger partial charge >= 0.3 is 0 Å². The van der Waals surface area contributed by atoms with E-state index in [1.807, 2.05) is 4.90 Å². The van der Waals surface area contributed by atoms with Gasteiger partial charge in [-0.15, -0.1) is 0 Å². The van der Waals surface area contributed by atoms with Crippen molar-refractivity contribution in [2.24, 2.45) is 0 Å². The molecule has 0 saturated carbocycles. The molecular formula is C15H21FN2O. The lowest BCUT2D eigenvalue weighted by molar-refractivity contribution is 0.0542. The Bertz CT molecular complexity index is 475. The second kappa shape index (κ2) is 5.70. The van der Waals surface area contributed by atoms with Crippen molar-refractivity contribution in [1.82, 2.24) is 9.80 Å². The minimum atomic E-state index is -0.263. The zero-order chi connectivity index (χ0) is 14.0. The minimum absolute atomic E-state index is 0.00894. The largest absolute Gasteiger partial charge is 0.336 e. The van der Waals surface area contributed by atoms with Crippen molar-refractivity contribution in [3.05, 3.63) is 35.1 Å². The van der Waals surface area contributed by atoms with Crippen molar-refractivity contribution >= 4 is 5.91 Å². The number of hydrogen-bond acceptors (Lipinski definition) is 2. The van der Waals surface area contributed by atoms with Crippen LogP contribution in [-0.4, -0.2) is 48.4 Å². The van der Waals surface area contributed by atoms with Crippen molar-refractivity contribution in [3.8, 4) is 0 Å². The molecule has 0 N–H and O–H groups in total. The standard InChI is InChI=1S/C15H21FN2O/c1-4-13-10-18(8-7-17(13)3)15(19)12-5-6-14(16)11(2)9-12/h5-6,9,13H,4,7-8,10H2,1-3H3. The monoisotopic (exact) mass is 264 g/mol. The minimum Gasteiger partial charge on any atom is -0.336 e. The molecule has 1 amide bonds. The molecule has 0 radical (unpaired) electrons. The Morgan fingerprint density at radius 1 is 1.42 bits per heavy atom. The van der Waals surface area contributed by atoms with Gasteiger partial charge in [-0.25, -0.2) is 4.39 Å². The molecule has 1 aromatic carbocycles. The number of rotatable bonds is 2. The fourth-order valence-electron chi connectivity index (χ4n) is 2.53. The van der Waals surface area contributed by atoms with Crippen LogP contribution >= 0.6 is 0 Å². The van der Waals surface area contributed by atoms with Gasteiger partial charge in [-0.1, -0.05) is 6.92 Å². The fraction of sp³-hybridized carbons (Fsp3) is 0.533. The maximum atomic E-state index is 13.2. The highest BCUT2D eigenvalue weighted by Crippen LogP contribution is 2.16. The Morgan fingerprint density at radius 3 is 2.79 bits per heavy atom. The number of carbonyl (C=O) groups is 1. The van der Waals surface area contributed by atoms with Crippen molar-refractivity contribution in [1.29, 1.82) is 0 Å². The van der Waals surface area contributed by atoms with Crippen molar-refractivity contribution in [3.63, 3.8) is 0 Å². The second-order valence-corrected chi connectivity index (χ2v) is 5.26. The Kier molecular flexibility index (Phi) is 4.20. The van der Waals surface area contributed by atoms with Crippen molar-refractivity contribution in [2.75, 3.05) is 26.7 Å². The Labute approximate surface area is 114 Å². The summed E-state index contributed by atoms with van der Waals surface area (Å²) in [5.41, 5.74) is 1.10. The number of likely N-dealkylation sites (N-methyl/N-ethyl adjacent to an activating group) is 1. The highest BCUT2D eigenvalue weighted by atomic mass is 19.1. The van der Waals surface area contributed by atoms with Crippen LogP contribution in [0, 0.1) is 12.7 Å². The van der Waals surface area contributed by atoms with Crippen molar-refractivity contribution < 1.29 is 9.18 Å². The van der Waals surface area contributed by atoms with E-state index >= 15 is 0 Å². The fourth-order valence-corrected chi connectivity index (χ4v) is 2.53. The van der Waals surface area contributed by atoms with Gasteiger partial charge in [0.2, 0.25) is 0 Å². The van der Waals surface area contributed by atoms with E-state index in [4.69, 9.17) is 0 Å². The maximum absolute atomic E-state index is 13.2.